The second kappa shape index (κ2) is 2.64. The third-order valence-corrected chi connectivity index (χ3v) is 5.25. The number of nitrogens with one attached hydrogen (secondary N) is 1. The first-order valence-corrected chi connectivity index (χ1v) is 5.51. The third kappa shape index (κ3) is 1.55. The summed E-state index contributed by atoms with van der Waals surface area (Å²) in [6.07, 6.45) is 0. The van der Waals surface area contributed by atoms with Crippen LogP contribution in [0.4, 0.5) is 0 Å². The Morgan fingerprint density at radius 1 is 1.45 bits per heavy atom. The highest BCUT2D eigenvalue weighted by Gasteiger charge is 2.40. The molecule has 1 heterocycles. The molecule has 1 saturated heterocycles. The van der Waals surface area contributed by atoms with Gasteiger partial charge in [-0.05, 0) is 13.8 Å². The summed E-state index contributed by atoms with van der Waals surface area (Å²) in [5, 5.41) is 2.70. The maximum absolute atomic E-state index is 11.5. The van der Waals surface area contributed by atoms with Crippen LogP contribution in [0.2, 0.25) is 0 Å². The molecule has 66 valence electrons. The Morgan fingerprint density at radius 2 is 1.91 bits per heavy atom. The predicted octanol–water partition coefficient (Wildman–Crippen LogP) is 0.0389. The van der Waals surface area contributed by atoms with Crippen molar-refractivity contribution in [3.05, 3.63) is 0 Å². The Labute approximate surface area is 72.9 Å². The molecule has 0 saturated carbocycles. The molecule has 0 radical (unpaired) electrons. The van der Waals surface area contributed by atoms with Crippen LogP contribution in [-0.2, 0) is 9.84 Å². The van der Waals surface area contributed by atoms with Crippen LogP contribution in [0.3, 0.4) is 0 Å². The zero-order valence-corrected chi connectivity index (χ0v) is 8.37. The lowest BCUT2D eigenvalue weighted by Crippen LogP contribution is -2.55. The lowest BCUT2D eigenvalue weighted by Gasteiger charge is -2.32. The largest absolute Gasteiger partial charge is 0.314 e. The van der Waals surface area contributed by atoms with Gasteiger partial charge >= 0.3 is 0 Å². The van der Waals surface area contributed by atoms with Gasteiger partial charge in [0.1, 0.15) is 4.08 Å². The molecule has 0 bridgehead atoms. The molecule has 1 rings (SSSR count). The summed E-state index contributed by atoms with van der Waals surface area (Å²) in [7, 11) is -3.04. The number of sulfone groups is 1. The molecule has 1 aliphatic rings. The monoisotopic (exact) mass is 195 g/mol. The molecule has 0 atom stereocenters. The van der Waals surface area contributed by atoms with Gasteiger partial charge in [-0.15, -0.1) is 0 Å². The molecule has 11 heavy (non-hydrogen) atoms. The van der Waals surface area contributed by atoms with Crippen LogP contribution in [0.5, 0.6) is 0 Å². The van der Waals surface area contributed by atoms with Crippen molar-refractivity contribution >= 4 is 22.5 Å². The van der Waals surface area contributed by atoms with Gasteiger partial charge in [0.05, 0.1) is 5.25 Å². The van der Waals surface area contributed by atoms with Gasteiger partial charge in [-0.3, -0.25) is 0 Å². The summed E-state index contributed by atoms with van der Waals surface area (Å²) in [4.78, 5) is 0. The molecule has 0 spiro atoms. The van der Waals surface area contributed by atoms with Crippen molar-refractivity contribution in [2.24, 2.45) is 0 Å². The van der Waals surface area contributed by atoms with E-state index in [1.807, 2.05) is 0 Å². The highest BCUT2D eigenvalue weighted by molar-refractivity contribution is 8.06. The van der Waals surface area contributed by atoms with Gasteiger partial charge in [-0.2, -0.15) is 12.6 Å². The summed E-state index contributed by atoms with van der Waals surface area (Å²) in [5.74, 6) is 0. The maximum Gasteiger partial charge on any atom is 0.169 e. The molecule has 0 amide bonds. The van der Waals surface area contributed by atoms with E-state index in [0.717, 1.165) is 0 Å². The average molecular weight is 195 g/mol. The standard InChI is InChI=1S/C6H13NO2S2/c1-6(2,10)11(8,9)5-3-7-4-5/h5,7,10H,3-4H2,1-2H3. The summed E-state index contributed by atoms with van der Waals surface area (Å²) in [6.45, 7) is 4.38. The predicted molar refractivity (Wildman–Crippen MR) is 48.6 cm³/mol. The highest BCUT2D eigenvalue weighted by Crippen LogP contribution is 2.26. The van der Waals surface area contributed by atoms with Gasteiger partial charge in [0, 0.05) is 13.1 Å². The SMILES string of the molecule is CC(C)(S)S(=O)(=O)C1CNC1. The molecule has 0 aromatic heterocycles. The molecule has 1 N–H and O–H groups in total. The Morgan fingerprint density at radius 3 is 2.00 bits per heavy atom. The molecule has 3 nitrogen and oxygen atoms in total. The first-order valence-electron chi connectivity index (χ1n) is 3.52. The smallest absolute Gasteiger partial charge is 0.169 e. The van der Waals surface area contributed by atoms with E-state index < -0.39 is 13.9 Å². The molecule has 0 aliphatic carbocycles. The second-order valence-corrected chi connectivity index (χ2v) is 7.47. The topological polar surface area (TPSA) is 46.2 Å². The van der Waals surface area contributed by atoms with E-state index in [9.17, 15) is 8.42 Å². The van der Waals surface area contributed by atoms with Gasteiger partial charge in [-0.25, -0.2) is 8.42 Å². The number of hydrogen-bond donors (Lipinski definition) is 2. The van der Waals surface area contributed by atoms with E-state index in [4.69, 9.17) is 0 Å². The fourth-order valence-electron chi connectivity index (χ4n) is 0.889. The number of hydrogen-bond acceptors (Lipinski definition) is 4. The molecule has 5 heteroatoms. The second-order valence-electron chi connectivity index (χ2n) is 3.27. The molecule has 0 aromatic rings. The molecular weight excluding hydrogens is 182 g/mol. The van der Waals surface area contributed by atoms with Crippen LogP contribution in [0, 0.1) is 0 Å². The first-order chi connectivity index (χ1) is 4.86. The zero-order valence-electron chi connectivity index (χ0n) is 6.66. The molecule has 0 unspecified atom stereocenters. The van der Waals surface area contributed by atoms with Crippen molar-refractivity contribution in [2.45, 2.75) is 23.2 Å². The number of thiol groups is 1. The minimum Gasteiger partial charge on any atom is -0.314 e. The third-order valence-electron chi connectivity index (χ3n) is 1.88. The van der Waals surface area contributed by atoms with Crippen LogP contribution in [0.1, 0.15) is 13.8 Å². The molecular formula is C6H13NO2S2. The van der Waals surface area contributed by atoms with Crippen LogP contribution >= 0.6 is 12.6 Å². The highest BCUT2D eigenvalue weighted by atomic mass is 32.2. The minimum atomic E-state index is -3.04. The molecule has 1 fully saturated rings. The lowest BCUT2D eigenvalue weighted by molar-refractivity contribution is 0.488. The van der Waals surface area contributed by atoms with E-state index in [-0.39, 0.29) is 5.25 Å². The van der Waals surface area contributed by atoms with E-state index in [1.165, 1.54) is 0 Å². The minimum absolute atomic E-state index is 0.227. The van der Waals surface area contributed by atoms with Crippen molar-refractivity contribution in [1.29, 1.82) is 0 Å². The maximum atomic E-state index is 11.5. The van der Waals surface area contributed by atoms with Gasteiger partial charge in [0.2, 0.25) is 0 Å². The summed E-state index contributed by atoms with van der Waals surface area (Å²) in [5.41, 5.74) is 0. The number of rotatable bonds is 2. The van der Waals surface area contributed by atoms with Crippen LogP contribution < -0.4 is 5.32 Å². The van der Waals surface area contributed by atoms with Crippen molar-refractivity contribution in [1.82, 2.24) is 5.32 Å². The Balaban J connectivity index is 2.82. The Bertz CT molecular complexity index is 236. The fraction of sp³-hybridized carbons (Fsp3) is 1.00. The fourth-order valence-corrected chi connectivity index (χ4v) is 2.83. The van der Waals surface area contributed by atoms with Crippen molar-refractivity contribution in [2.75, 3.05) is 13.1 Å². The Hall–Kier alpha value is 0.260. The lowest BCUT2D eigenvalue weighted by atomic mass is 10.3. The van der Waals surface area contributed by atoms with Crippen molar-refractivity contribution in [3.8, 4) is 0 Å². The molecule has 1 aliphatic heterocycles. The van der Waals surface area contributed by atoms with Crippen molar-refractivity contribution < 1.29 is 8.42 Å². The van der Waals surface area contributed by atoms with E-state index in [2.05, 4.69) is 17.9 Å². The first kappa shape index (κ1) is 9.35. The van der Waals surface area contributed by atoms with Gasteiger partial charge in [0.25, 0.3) is 0 Å². The van der Waals surface area contributed by atoms with Crippen LogP contribution in [-0.4, -0.2) is 30.8 Å². The quantitative estimate of drug-likeness (QED) is 0.612. The summed E-state index contributed by atoms with van der Waals surface area (Å²) < 4.78 is 22.1. The summed E-state index contributed by atoms with van der Waals surface area (Å²) >= 11 is 4.05. The average Bonchev–Trinajstić information content (AvgIpc) is 1.53. The normalized spacial score (nSPS) is 21.4. The van der Waals surface area contributed by atoms with Crippen molar-refractivity contribution in [3.63, 3.8) is 0 Å². The summed E-state index contributed by atoms with van der Waals surface area (Å²) in [6, 6.07) is 0. The van der Waals surface area contributed by atoms with Gasteiger partial charge in [-0.1, -0.05) is 0 Å². The van der Waals surface area contributed by atoms with Gasteiger partial charge in [0.15, 0.2) is 9.84 Å². The Kier molecular flexibility index (Phi) is 2.24. The zero-order chi connectivity index (χ0) is 8.70. The molecule has 0 aromatic carbocycles. The van der Waals surface area contributed by atoms with E-state index in [0.29, 0.717) is 13.1 Å². The van der Waals surface area contributed by atoms with E-state index >= 15 is 0 Å². The van der Waals surface area contributed by atoms with Gasteiger partial charge < -0.3 is 5.32 Å². The van der Waals surface area contributed by atoms with Crippen LogP contribution in [0.25, 0.3) is 0 Å². The van der Waals surface area contributed by atoms with E-state index in [1.54, 1.807) is 13.8 Å². The van der Waals surface area contributed by atoms with Crippen LogP contribution in [0.15, 0.2) is 0 Å².